The van der Waals surface area contributed by atoms with Gasteiger partial charge >= 0.3 is 0 Å². The Morgan fingerprint density at radius 3 is 2.75 bits per heavy atom. The summed E-state index contributed by atoms with van der Waals surface area (Å²) < 4.78 is 7.23. The van der Waals surface area contributed by atoms with Crippen molar-refractivity contribution in [2.45, 2.75) is 39.2 Å². The van der Waals surface area contributed by atoms with Crippen molar-refractivity contribution in [3.63, 3.8) is 0 Å². The fourth-order valence-corrected chi connectivity index (χ4v) is 6.44. The number of nitrogens with zero attached hydrogens (tertiary/aromatic N) is 2. The zero-order valence-electron chi connectivity index (χ0n) is 20.8. The van der Waals surface area contributed by atoms with E-state index in [2.05, 4.69) is 34.8 Å². The van der Waals surface area contributed by atoms with E-state index in [4.69, 9.17) is 4.74 Å². The number of hydrogen-bond acceptors (Lipinski definition) is 5. The first kappa shape index (κ1) is 24.9. The molecule has 36 heavy (non-hydrogen) atoms. The van der Waals surface area contributed by atoms with E-state index in [9.17, 15) is 14.7 Å². The fraction of sp³-hybridized carbons (Fsp3) is 0.414. The maximum absolute atomic E-state index is 13.0. The van der Waals surface area contributed by atoms with Crippen LogP contribution in [0.4, 0.5) is 0 Å². The summed E-state index contributed by atoms with van der Waals surface area (Å²) in [6.07, 6.45) is 5.71. The second-order valence-corrected chi connectivity index (χ2v) is 11.2. The Morgan fingerprint density at radius 1 is 1.22 bits per heavy atom. The van der Waals surface area contributed by atoms with Gasteiger partial charge in [-0.15, -0.1) is 0 Å². The SMILES string of the molecule is CC(C)C1=C2[C@@H](CC/C(=C/c3cc(Br)ccc3O)c3ccccn3)OC[C@@H]2[C@@H]2C(=O)N(C)C(=O)[C@@H]2C1. The highest BCUT2D eigenvalue weighted by molar-refractivity contribution is 9.10. The minimum absolute atomic E-state index is 0.0380. The minimum Gasteiger partial charge on any atom is -0.507 e. The molecule has 2 aliphatic heterocycles. The number of halogens is 1. The summed E-state index contributed by atoms with van der Waals surface area (Å²) in [5.74, 6) is -0.247. The van der Waals surface area contributed by atoms with Crippen LogP contribution >= 0.6 is 15.9 Å². The van der Waals surface area contributed by atoms with Gasteiger partial charge in [-0.25, -0.2) is 0 Å². The van der Waals surface area contributed by atoms with Crippen LogP contribution in [0.15, 0.2) is 58.2 Å². The molecule has 5 rings (SSSR count). The topological polar surface area (TPSA) is 79.7 Å². The number of phenols is 1. The van der Waals surface area contributed by atoms with Crippen molar-refractivity contribution >= 4 is 39.4 Å². The van der Waals surface area contributed by atoms with Crippen LogP contribution in [-0.2, 0) is 14.3 Å². The molecule has 188 valence electrons. The number of pyridine rings is 1. The third-order valence-corrected chi connectivity index (χ3v) is 8.34. The molecule has 1 aliphatic carbocycles. The average molecular weight is 551 g/mol. The van der Waals surface area contributed by atoms with Gasteiger partial charge in [-0.3, -0.25) is 19.5 Å². The highest BCUT2D eigenvalue weighted by atomic mass is 79.9. The molecule has 0 radical (unpaired) electrons. The molecule has 0 bridgehead atoms. The molecule has 2 saturated heterocycles. The Bertz CT molecular complexity index is 1250. The number of amides is 2. The number of phenolic OH excluding ortho intramolecular Hbond substituents is 1. The van der Waals surface area contributed by atoms with Gasteiger partial charge in [0.2, 0.25) is 11.8 Å². The number of likely N-dealkylation sites (tertiary alicyclic amines) is 1. The highest BCUT2D eigenvalue weighted by Crippen LogP contribution is 2.51. The first-order valence-electron chi connectivity index (χ1n) is 12.5. The Hall–Kier alpha value is -2.77. The van der Waals surface area contributed by atoms with Gasteiger partial charge in [0.1, 0.15) is 5.75 Å². The molecular formula is C29H31BrN2O4. The minimum atomic E-state index is -0.311. The van der Waals surface area contributed by atoms with Crippen molar-refractivity contribution in [2.24, 2.45) is 23.7 Å². The van der Waals surface area contributed by atoms with E-state index in [1.54, 1.807) is 19.3 Å². The van der Waals surface area contributed by atoms with Crippen LogP contribution in [0.5, 0.6) is 5.75 Å². The molecule has 0 saturated carbocycles. The number of allylic oxidation sites excluding steroid dienone is 2. The van der Waals surface area contributed by atoms with Gasteiger partial charge in [0.05, 0.1) is 30.2 Å². The second kappa shape index (κ2) is 9.94. The summed E-state index contributed by atoms with van der Waals surface area (Å²) in [6.45, 7) is 4.80. The summed E-state index contributed by atoms with van der Waals surface area (Å²) in [6, 6.07) is 11.2. The van der Waals surface area contributed by atoms with Crippen molar-refractivity contribution in [2.75, 3.05) is 13.7 Å². The molecule has 2 amide bonds. The predicted octanol–water partition coefficient (Wildman–Crippen LogP) is 5.47. The number of fused-ring (bicyclic) bond motifs is 3. The van der Waals surface area contributed by atoms with Crippen molar-refractivity contribution in [1.29, 1.82) is 0 Å². The smallest absolute Gasteiger partial charge is 0.233 e. The Balaban J connectivity index is 1.46. The third-order valence-electron chi connectivity index (χ3n) is 7.85. The molecule has 0 spiro atoms. The van der Waals surface area contributed by atoms with Gasteiger partial charge < -0.3 is 9.84 Å². The molecular weight excluding hydrogens is 520 g/mol. The number of carbonyl (C=O) groups is 2. The maximum atomic E-state index is 13.0. The van der Waals surface area contributed by atoms with Crippen molar-refractivity contribution in [3.05, 3.63) is 69.5 Å². The number of imide groups is 1. The van der Waals surface area contributed by atoms with Gasteiger partial charge in [-0.1, -0.05) is 41.4 Å². The largest absolute Gasteiger partial charge is 0.507 e. The molecule has 0 unspecified atom stereocenters. The number of ether oxygens (including phenoxy) is 1. The molecule has 1 aromatic heterocycles. The molecule has 7 heteroatoms. The molecule has 1 aromatic carbocycles. The van der Waals surface area contributed by atoms with Crippen LogP contribution in [0.3, 0.4) is 0 Å². The molecule has 6 nitrogen and oxygen atoms in total. The van der Waals surface area contributed by atoms with Crippen LogP contribution in [0, 0.1) is 23.7 Å². The van der Waals surface area contributed by atoms with Crippen LogP contribution in [-0.4, -0.2) is 46.6 Å². The molecule has 2 aromatic rings. The van der Waals surface area contributed by atoms with Crippen LogP contribution in [0.1, 0.15) is 44.4 Å². The summed E-state index contributed by atoms with van der Waals surface area (Å²) in [5.41, 5.74) is 5.08. The number of benzene rings is 1. The first-order valence-corrected chi connectivity index (χ1v) is 13.3. The number of rotatable bonds is 6. The molecule has 2 fully saturated rings. The van der Waals surface area contributed by atoms with Crippen molar-refractivity contribution in [1.82, 2.24) is 9.88 Å². The summed E-state index contributed by atoms with van der Waals surface area (Å²) in [4.78, 5) is 31.6. The zero-order valence-corrected chi connectivity index (χ0v) is 22.4. The van der Waals surface area contributed by atoms with E-state index < -0.39 is 0 Å². The van der Waals surface area contributed by atoms with Crippen LogP contribution in [0.25, 0.3) is 11.6 Å². The van der Waals surface area contributed by atoms with E-state index >= 15 is 0 Å². The van der Waals surface area contributed by atoms with Gasteiger partial charge in [0.25, 0.3) is 0 Å². The molecule has 1 N–H and O–H groups in total. The monoisotopic (exact) mass is 550 g/mol. The Labute approximate surface area is 220 Å². The van der Waals surface area contributed by atoms with Gasteiger partial charge in [-0.2, -0.15) is 0 Å². The number of hydrogen-bond donors (Lipinski definition) is 1. The van der Waals surface area contributed by atoms with E-state index in [1.807, 2.05) is 36.4 Å². The second-order valence-electron chi connectivity index (χ2n) is 10.3. The zero-order chi connectivity index (χ0) is 25.6. The normalized spacial score (nSPS) is 26.1. The third kappa shape index (κ3) is 4.43. The van der Waals surface area contributed by atoms with E-state index in [0.717, 1.165) is 27.7 Å². The first-order chi connectivity index (χ1) is 17.3. The number of aromatic nitrogens is 1. The van der Waals surface area contributed by atoms with Gasteiger partial charge in [0, 0.05) is 29.2 Å². The lowest BCUT2D eigenvalue weighted by molar-refractivity contribution is -0.138. The lowest BCUT2D eigenvalue weighted by Gasteiger charge is -2.33. The molecule has 3 heterocycles. The van der Waals surface area contributed by atoms with E-state index in [-0.39, 0.29) is 47.3 Å². The van der Waals surface area contributed by atoms with Crippen LogP contribution in [0.2, 0.25) is 0 Å². The molecule has 4 atom stereocenters. The van der Waals surface area contributed by atoms with E-state index in [0.29, 0.717) is 19.4 Å². The number of carbonyl (C=O) groups excluding carboxylic acids is 2. The summed E-state index contributed by atoms with van der Waals surface area (Å²) in [5, 5.41) is 10.4. The summed E-state index contributed by atoms with van der Waals surface area (Å²) in [7, 11) is 1.60. The van der Waals surface area contributed by atoms with Crippen LogP contribution < -0.4 is 0 Å². The standard InChI is InChI=1S/C29H31BrN2O4/c1-16(2)20-14-21-27(29(35)32(3)28(21)34)22-15-36-25(26(20)22)10-7-17(23-6-4-5-11-31-23)12-18-13-19(30)8-9-24(18)33/h4-6,8-9,11-13,16,21-22,25,27,33H,7,10,14-15H2,1-3H3/b17-12-/t21-,22+,25-,27-/m1/s1. The lowest BCUT2D eigenvalue weighted by Crippen LogP contribution is -2.34. The van der Waals surface area contributed by atoms with Crippen molar-refractivity contribution < 1.29 is 19.4 Å². The molecule has 3 aliphatic rings. The van der Waals surface area contributed by atoms with E-state index in [1.165, 1.54) is 16.0 Å². The number of aromatic hydroxyl groups is 1. The highest BCUT2D eigenvalue weighted by Gasteiger charge is 2.56. The Morgan fingerprint density at radius 2 is 2.03 bits per heavy atom. The van der Waals surface area contributed by atoms with Gasteiger partial charge in [-0.05, 0) is 72.7 Å². The maximum Gasteiger partial charge on any atom is 0.233 e. The quantitative estimate of drug-likeness (QED) is 0.381. The lowest BCUT2D eigenvalue weighted by atomic mass is 9.67. The summed E-state index contributed by atoms with van der Waals surface area (Å²) >= 11 is 3.49. The Kier molecular flexibility index (Phi) is 6.88. The fourth-order valence-electron chi connectivity index (χ4n) is 6.06. The predicted molar refractivity (Wildman–Crippen MR) is 142 cm³/mol. The van der Waals surface area contributed by atoms with Gasteiger partial charge in [0.15, 0.2) is 0 Å². The average Bonchev–Trinajstić information content (AvgIpc) is 3.38. The van der Waals surface area contributed by atoms with Crippen molar-refractivity contribution in [3.8, 4) is 5.75 Å².